The Balaban J connectivity index is 2.61. The van der Waals surface area contributed by atoms with E-state index in [1.54, 1.807) is 13.8 Å². The zero-order chi connectivity index (χ0) is 15.3. The molecular formula is C10H21O8PS. The molecule has 0 aromatic rings. The van der Waals surface area contributed by atoms with Crippen LogP contribution in [0.5, 0.6) is 0 Å². The van der Waals surface area contributed by atoms with E-state index in [2.05, 4.69) is 0 Å². The van der Waals surface area contributed by atoms with E-state index in [0.29, 0.717) is 13.2 Å². The first-order valence-electron chi connectivity index (χ1n) is 6.26. The third kappa shape index (κ3) is 4.67. The summed E-state index contributed by atoms with van der Waals surface area (Å²) in [5, 5.41) is 38.0. The van der Waals surface area contributed by atoms with E-state index in [1.807, 2.05) is 0 Å². The van der Waals surface area contributed by atoms with Gasteiger partial charge in [0, 0.05) is 0 Å². The van der Waals surface area contributed by atoms with Gasteiger partial charge in [0.05, 0.1) is 19.8 Å². The largest absolute Gasteiger partial charge is 0.387 e. The molecule has 0 spiro atoms. The molecule has 4 N–H and O–H groups in total. The molecule has 0 aliphatic carbocycles. The monoisotopic (exact) mass is 332 g/mol. The maximum Gasteiger partial charge on any atom is 0.327 e. The number of hydrogen-bond acceptors (Lipinski definition) is 9. The van der Waals surface area contributed by atoms with Crippen molar-refractivity contribution in [2.75, 3.05) is 19.8 Å². The van der Waals surface area contributed by atoms with Crippen molar-refractivity contribution in [3.63, 3.8) is 0 Å². The number of rotatable bonds is 7. The highest BCUT2D eigenvalue weighted by Gasteiger charge is 2.43. The molecule has 1 rings (SSSR count). The van der Waals surface area contributed by atoms with Crippen LogP contribution in [0.1, 0.15) is 13.8 Å². The summed E-state index contributed by atoms with van der Waals surface area (Å²) < 4.78 is 20.8. The van der Waals surface area contributed by atoms with Crippen molar-refractivity contribution < 1.29 is 38.7 Å². The van der Waals surface area contributed by atoms with E-state index in [4.69, 9.17) is 30.1 Å². The van der Waals surface area contributed by atoms with Gasteiger partial charge in [-0.2, -0.15) is 0 Å². The third-order valence-corrected chi connectivity index (χ3v) is 5.22. The van der Waals surface area contributed by atoms with Crippen LogP contribution < -0.4 is 0 Å². The molecule has 0 saturated carbocycles. The summed E-state index contributed by atoms with van der Waals surface area (Å²) in [5.41, 5.74) is 0. The molecule has 10 heteroatoms. The molecule has 1 saturated heterocycles. The van der Waals surface area contributed by atoms with Gasteiger partial charge in [0.15, 0.2) is 6.29 Å². The first kappa shape index (κ1) is 18.4. The molecule has 1 fully saturated rings. The molecule has 0 amide bonds. The Labute approximate surface area is 122 Å². The van der Waals surface area contributed by atoms with Crippen LogP contribution in [-0.2, 0) is 30.1 Å². The highest BCUT2D eigenvalue weighted by Crippen LogP contribution is 2.50. The summed E-state index contributed by atoms with van der Waals surface area (Å²) in [4.78, 5) is 0. The zero-order valence-electron chi connectivity index (χ0n) is 11.3. The van der Waals surface area contributed by atoms with E-state index in [-0.39, 0.29) is 6.61 Å². The van der Waals surface area contributed by atoms with Crippen LogP contribution in [0.15, 0.2) is 0 Å². The summed E-state index contributed by atoms with van der Waals surface area (Å²) >= 11 is 5.12. The van der Waals surface area contributed by atoms with Crippen LogP contribution in [0.3, 0.4) is 0 Å². The lowest BCUT2D eigenvalue weighted by molar-refractivity contribution is -0.285. The van der Waals surface area contributed by atoms with E-state index < -0.39 is 37.4 Å². The van der Waals surface area contributed by atoms with Gasteiger partial charge in [-0.3, -0.25) is 0 Å². The topological polar surface area (TPSA) is 118 Å². The lowest BCUT2D eigenvalue weighted by Gasteiger charge is -2.38. The second kappa shape index (κ2) is 8.09. The normalized spacial score (nSPS) is 35.2. The Bertz CT molecular complexity index is 333. The lowest BCUT2D eigenvalue weighted by atomic mass is 10.00. The van der Waals surface area contributed by atoms with E-state index >= 15 is 0 Å². The average Bonchev–Trinajstić information content (AvgIpc) is 2.40. The van der Waals surface area contributed by atoms with E-state index in [1.165, 1.54) is 0 Å². The number of ether oxygens (including phenoxy) is 1. The van der Waals surface area contributed by atoms with Crippen LogP contribution in [0, 0.1) is 0 Å². The molecule has 0 aromatic carbocycles. The van der Waals surface area contributed by atoms with Crippen LogP contribution in [0.2, 0.25) is 0 Å². The van der Waals surface area contributed by atoms with Gasteiger partial charge in [0.2, 0.25) is 0 Å². The summed E-state index contributed by atoms with van der Waals surface area (Å²) in [5.74, 6) is 0. The minimum absolute atomic E-state index is 0.237. The summed E-state index contributed by atoms with van der Waals surface area (Å²) in [7, 11) is 0. The highest BCUT2D eigenvalue weighted by molar-refractivity contribution is 8.07. The second-order valence-electron chi connectivity index (χ2n) is 4.12. The fourth-order valence-corrected chi connectivity index (χ4v) is 3.66. The smallest absolute Gasteiger partial charge is 0.327 e. The Morgan fingerprint density at radius 2 is 1.50 bits per heavy atom. The SMILES string of the molecule is CCOP(=S)(OCC)OC[C@H]1OC(O)[C@H](O)[C@@H](O)[C@H]1O. The van der Waals surface area contributed by atoms with Crippen molar-refractivity contribution in [1.82, 2.24) is 0 Å². The maximum absolute atomic E-state index is 9.75. The molecule has 5 atom stereocenters. The molecule has 0 bridgehead atoms. The van der Waals surface area contributed by atoms with E-state index in [9.17, 15) is 20.4 Å². The van der Waals surface area contributed by atoms with Gasteiger partial charge in [-0.05, 0) is 25.7 Å². The van der Waals surface area contributed by atoms with Crippen LogP contribution in [0.4, 0.5) is 0 Å². The quantitative estimate of drug-likeness (QED) is 0.440. The number of hydrogen-bond donors (Lipinski definition) is 4. The fourth-order valence-electron chi connectivity index (χ4n) is 1.66. The van der Waals surface area contributed by atoms with Crippen molar-refractivity contribution in [2.45, 2.75) is 44.6 Å². The first-order valence-corrected chi connectivity index (χ1v) is 8.81. The standard InChI is InChI=1S/C10H21O8PS/c1-3-15-19(20,16-4-2)17-5-6-7(11)8(12)9(13)10(14)18-6/h6-14H,3-5H2,1-2H3/t6-,7+,8+,9-,10?/m1/s1. The van der Waals surface area contributed by atoms with Crippen molar-refractivity contribution in [2.24, 2.45) is 0 Å². The Morgan fingerprint density at radius 3 is 2.00 bits per heavy atom. The molecular weight excluding hydrogens is 311 g/mol. The lowest BCUT2D eigenvalue weighted by Crippen LogP contribution is -2.58. The summed E-state index contributed by atoms with van der Waals surface area (Å²) in [6.45, 7) is 0.885. The predicted octanol–water partition coefficient (Wildman–Crippen LogP) is -0.900. The van der Waals surface area contributed by atoms with Crippen LogP contribution in [-0.4, -0.2) is 71.0 Å². The Morgan fingerprint density at radius 1 is 0.950 bits per heavy atom. The van der Waals surface area contributed by atoms with Crippen molar-refractivity contribution in [1.29, 1.82) is 0 Å². The summed E-state index contributed by atoms with van der Waals surface area (Å²) in [6.07, 6.45) is -7.20. The molecule has 120 valence electrons. The van der Waals surface area contributed by atoms with Gasteiger partial charge in [0.1, 0.15) is 24.4 Å². The van der Waals surface area contributed by atoms with Crippen molar-refractivity contribution in [3.05, 3.63) is 0 Å². The van der Waals surface area contributed by atoms with Crippen LogP contribution in [0.25, 0.3) is 0 Å². The molecule has 0 aromatic heterocycles. The van der Waals surface area contributed by atoms with Crippen molar-refractivity contribution >= 4 is 18.5 Å². The third-order valence-electron chi connectivity index (χ3n) is 2.66. The molecule has 8 nitrogen and oxygen atoms in total. The molecule has 1 aliphatic rings. The minimum atomic E-state index is -2.95. The van der Waals surface area contributed by atoms with Gasteiger partial charge < -0.3 is 38.7 Å². The minimum Gasteiger partial charge on any atom is -0.387 e. The molecule has 1 unspecified atom stereocenters. The summed E-state index contributed by atoms with van der Waals surface area (Å²) in [6, 6.07) is 0. The number of aliphatic hydroxyl groups excluding tert-OH is 4. The molecule has 20 heavy (non-hydrogen) atoms. The van der Waals surface area contributed by atoms with Gasteiger partial charge in [-0.25, -0.2) is 0 Å². The zero-order valence-corrected chi connectivity index (χ0v) is 13.0. The highest BCUT2D eigenvalue weighted by atomic mass is 32.5. The number of aliphatic hydroxyl groups is 4. The molecule has 1 aliphatic heterocycles. The predicted molar refractivity (Wildman–Crippen MR) is 72.4 cm³/mol. The first-order chi connectivity index (χ1) is 9.34. The van der Waals surface area contributed by atoms with Crippen LogP contribution >= 0.6 is 6.72 Å². The van der Waals surface area contributed by atoms with Gasteiger partial charge >= 0.3 is 6.72 Å². The fraction of sp³-hybridized carbons (Fsp3) is 1.00. The Kier molecular flexibility index (Phi) is 7.44. The van der Waals surface area contributed by atoms with Gasteiger partial charge in [-0.15, -0.1) is 0 Å². The van der Waals surface area contributed by atoms with E-state index in [0.717, 1.165) is 0 Å². The van der Waals surface area contributed by atoms with Crippen molar-refractivity contribution in [3.8, 4) is 0 Å². The molecule has 1 heterocycles. The Hall–Kier alpha value is 0.330. The molecule has 0 radical (unpaired) electrons. The second-order valence-corrected chi connectivity index (χ2v) is 7.13. The van der Waals surface area contributed by atoms with Gasteiger partial charge in [0.25, 0.3) is 0 Å². The maximum atomic E-state index is 9.75. The average molecular weight is 332 g/mol. The van der Waals surface area contributed by atoms with Gasteiger partial charge in [-0.1, -0.05) is 0 Å².